The molecule has 1 aliphatic rings. The highest BCUT2D eigenvalue weighted by Gasteiger charge is 2.17. The van der Waals surface area contributed by atoms with Crippen molar-refractivity contribution in [3.05, 3.63) is 40.5 Å². The molecule has 2 unspecified atom stereocenters. The lowest BCUT2D eigenvalue weighted by atomic mass is 10.3. The maximum absolute atomic E-state index is 12.1. The Morgan fingerprint density at radius 3 is 3.00 bits per heavy atom. The van der Waals surface area contributed by atoms with Crippen LogP contribution in [0.15, 0.2) is 34.9 Å². The summed E-state index contributed by atoms with van der Waals surface area (Å²) in [4.78, 5) is 12.1. The third-order valence-corrected chi connectivity index (χ3v) is 4.56. The fraction of sp³-hybridized carbons (Fsp3) is 0.385. The predicted molar refractivity (Wildman–Crippen MR) is 75.5 cm³/mol. The molecule has 0 aromatic carbocycles. The number of aromatic nitrogens is 3. The summed E-state index contributed by atoms with van der Waals surface area (Å²) in [6, 6.07) is 1.92. The number of rotatable bonds is 4. The summed E-state index contributed by atoms with van der Waals surface area (Å²) in [7, 11) is 0.587. The van der Waals surface area contributed by atoms with E-state index in [9.17, 15) is 4.79 Å². The minimum Gasteiger partial charge on any atom is -0.315 e. The third-order valence-electron chi connectivity index (χ3n) is 3.31. The van der Waals surface area contributed by atoms with Crippen molar-refractivity contribution in [2.24, 2.45) is 0 Å². The average Bonchev–Trinajstić information content (AvgIpc) is 3.12. The molecule has 0 amide bonds. The molecule has 18 heavy (non-hydrogen) atoms. The standard InChI is InChI=1S/C13H16N3OP/c1-3-15-7-6-12-11(13(15)17)8-16(14-12)18-9(2)10-4-5-10/h4,6-9,18H,3,5H2,1-2H3. The first-order valence-corrected chi connectivity index (χ1v) is 7.26. The van der Waals surface area contributed by atoms with Gasteiger partial charge in [-0.05, 0) is 19.4 Å². The maximum atomic E-state index is 12.1. The molecule has 0 aliphatic heterocycles. The van der Waals surface area contributed by atoms with E-state index < -0.39 is 0 Å². The fourth-order valence-corrected chi connectivity index (χ4v) is 3.23. The molecular formula is C13H16N3OP. The number of hydrogen-bond acceptors (Lipinski definition) is 2. The zero-order valence-corrected chi connectivity index (χ0v) is 11.6. The van der Waals surface area contributed by atoms with Crippen molar-refractivity contribution < 1.29 is 0 Å². The van der Waals surface area contributed by atoms with Crippen LogP contribution in [0, 0.1) is 0 Å². The molecule has 2 atom stereocenters. The van der Waals surface area contributed by atoms with Gasteiger partial charge >= 0.3 is 0 Å². The Hall–Kier alpha value is -1.41. The van der Waals surface area contributed by atoms with Crippen LogP contribution in [-0.4, -0.2) is 19.8 Å². The van der Waals surface area contributed by atoms with Crippen LogP contribution in [0.5, 0.6) is 0 Å². The van der Waals surface area contributed by atoms with Gasteiger partial charge in [0.25, 0.3) is 5.56 Å². The molecule has 1 aliphatic carbocycles. The van der Waals surface area contributed by atoms with Gasteiger partial charge in [-0.2, -0.15) is 5.10 Å². The minimum absolute atomic E-state index is 0.0596. The highest BCUT2D eigenvalue weighted by molar-refractivity contribution is 7.37. The summed E-state index contributed by atoms with van der Waals surface area (Å²) in [5.74, 6) is 0. The third kappa shape index (κ3) is 2.01. The van der Waals surface area contributed by atoms with Crippen LogP contribution in [0.3, 0.4) is 0 Å². The van der Waals surface area contributed by atoms with Gasteiger partial charge in [0, 0.05) is 33.3 Å². The van der Waals surface area contributed by atoms with E-state index in [1.54, 1.807) is 4.57 Å². The van der Waals surface area contributed by atoms with Crippen LogP contribution in [0.4, 0.5) is 0 Å². The van der Waals surface area contributed by atoms with E-state index in [0.29, 0.717) is 20.9 Å². The van der Waals surface area contributed by atoms with E-state index in [1.165, 1.54) is 5.57 Å². The van der Waals surface area contributed by atoms with Crippen LogP contribution in [0.25, 0.3) is 10.9 Å². The van der Waals surface area contributed by atoms with Crippen molar-refractivity contribution in [1.82, 2.24) is 14.1 Å². The molecule has 4 nitrogen and oxygen atoms in total. The summed E-state index contributed by atoms with van der Waals surface area (Å²) in [6.45, 7) is 4.89. The number of nitrogens with zero attached hydrogens (tertiary/aromatic N) is 3. The molecule has 5 heteroatoms. The van der Waals surface area contributed by atoms with Crippen LogP contribution >= 0.6 is 8.73 Å². The summed E-state index contributed by atoms with van der Waals surface area (Å²) in [6.07, 6.45) is 7.11. The van der Waals surface area contributed by atoms with Gasteiger partial charge in [0.2, 0.25) is 0 Å². The Kier molecular flexibility index (Phi) is 2.83. The molecule has 2 aromatic heterocycles. The van der Waals surface area contributed by atoms with E-state index in [2.05, 4.69) is 18.1 Å². The highest BCUT2D eigenvalue weighted by Crippen LogP contribution is 2.35. The second-order valence-electron chi connectivity index (χ2n) is 4.61. The summed E-state index contributed by atoms with van der Waals surface area (Å²) < 4.78 is 3.64. The first kappa shape index (κ1) is 11.7. The van der Waals surface area contributed by atoms with Crippen LogP contribution in [0.2, 0.25) is 0 Å². The molecule has 0 fully saturated rings. The van der Waals surface area contributed by atoms with Gasteiger partial charge in [0.05, 0.1) is 10.9 Å². The van der Waals surface area contributed by atoms with Gasteiger partial charge < -0.3 is 4.57 Å². The topological polar surface area (TPSA) is 39.8 Å². The lowest BCUT2D eigenvalue weighted by Crippen LogP contribution is -2.17. The molecule has 0 saturated carbocycles. The van der Waals surface area contributed by atoms with E-state index in [0.717, 1.165) is 17.3 Å². The summed E-state index contributed by atoms with van der Waals surface area (Å²) in [5, 5.41) is 5.21. The number of hydrogen-bond donors (Lipinski definition) is 0. The second-order valence-corrected chi connectivity index (χ2v) is 6.20. The van der Waals surface area contributed by atoms with Crippen molar-refractivity contribution in [2.75, 3.05) is 0 Å². The van der Waals surface area contributed by atoms with Crippen molar-refractivity contribution in [3.8, 4) is 0 Å². The Bertz CT molecular complexity index is 683. The van der Waals surface area contributed by atoms with Crippen LogP contribution in [-0.2, 0) is 6.54 Å². The summed E-state index contributed by atoms with van der Waals surface area (Å²) in [5.41, 5.74) is 2.92. The monoisotopic (exact) mass is 261 g/mol. The number of aryl methyl sites for hydroxylation is 1. The lowest BCUT2D eigenvalue weighted by molar-refractivity contribution is 0.735. The van der Waals surface area contributed by atoms with Gasteiger partial charge in [0.15, 0.2) is 0 Å². The predicted octanol–water partition coefficient (Wildman–Crippen LogP) is 2.38. The maximum Gasteiger partial charge on any atom is 0.261 e. The molecule has 94 valence electrons. The summed E-state index contributed by atoms with van der Waals surface area (Å²) >= 11 is 0. The van der Waals surface area contributed by atoms with Crippen LogP contribution in [0.1, 0.15) is 20.3 Å². The molecule has 3 rings (SSSR count). The quantitative estimate of drug-likeness (QED) is 0.626. The van der Waals surface area contributed by atoms with Gasteiger partial charge in [-0.3, -0.25) is 9.25 Å². The number of pyridine rings is 1. The van der Waals surface area contributed by atoms with Crippen molar-refractivity contribution >= 4 is 19.6 Å². The highest BCUT2D eigenvalue weighted by atomic mass is 31.1. The average molecular weight is 261 g/mol. The smallest absolute Gasteiger partial charge is 0.261 e. The second kappa shape index (κ2) is 4.36. The SMILES string of the molecule is CCn1ccc2nn(PC(C)C3=CC3)cc2c1=O. The van der Waals surface area contributed by atoms with E-state index in [1.807, 2.05) is 29.8 Å². The first-order valence-electron chi connectivity index (χ1n) is 6.23. The Morgan fingerprint density at radius 1 is 1.56 bits per heavy atom. The van der Waals surface area contributed by atoms with Crippen molar-refractivity contribution in [3.63, 3.8) is 0 Å². The molecule has 0 saturated heterocycles. The van der Waals surface area contributed by atoms with Crippen molar-refractivity contribution in [1.29, 1.82) is 0 Å². The molecule has 0 bridgehead atoms. The molecule has 0 radical (unpaired) electrons. The first-order chi connectivity index (χ1) is 8.69. The molecule has 0 spiro atoms. The largest absolute Gasteiger partial charge is 0.315 e. The zero-order valence-electron chi connectivity index (χ0n) is 10.6. The molecule has 2 heterocycles. The van der Waals surface area contributed by atoms with E-state index >= 15 is 0 Å². The lowest BCUT2D eigenvalue weighted by Gasteiger charge is -2.06. The fourth-order valence-electron chi connectivity index (χ4n) is 2.07. The van der Waals surface area contributed by atoms with Gasteiger partial charge in [-0.1, -0.05) is 18.6 Å². The number of fused-ring (bicyclic) bond motifs is 1. The van der Waals surface area contributed by atoms with Gasteiger partial charge in [-0.15, -0.1) is 0 Å². The Morgan fingerprint density at radius 2 is 2.33 bits per heavy atom. The zero-order chi connectivity index (χ0) is 12.7. The molecular weight excluding hydrogens is 245 g/mol. The number of allylic oxidation sites excluding steroid dienone is 2. The van der Waals surface area contributed by atoms with E-state index in [4.69, 9.17) is 0 Å². The molecule has 2 aromatic rings. The molecule has 0 N–H and O–H groups in total. The van der Waals surface area contributed by atoms with E-state index in [-0.39, 0.29) is 5.56 Å². The van der Waals surface area contributed by atoms with Gasteiger partial charge in [0.1, 0.15) is 0 Å². The van der Waals surface area contributed by atoms with Crippen molar-refractivity contribution in [2.45, 2.75) is 32.5 Å². The Labute approximate surface area is 107 Å². The normalized spacial score (nSPS) is 16.4. The van der Waals surface area contributed by atoms with Crippen LogP contribution < -0.4 is 5.56 Å². The minimum atomic E-state index is 0.0596. The Balaban J connectivity index is 1.97. The van der Waals surface area contributed by atoms with Gasteiger partial charge in [-0.25, -0.2) is 0 Å².